The Morgan fingerprint density at radius 1 is 0.970 bits per heavy atom. The number of benzene rings is 2. The lowest BCUT2D eigenvalue weighted by atomic mass is 10.1. The minimum Gasteiger partial charge on any atom is -0.510 e. The number of methoxy groups -OCH3 is 2. The molecule has 0 bridgehead atoms. The van der Waals surface area contributed by atoms with Crippen molar-refractivity contribution in [1.29, 1.82) is 0 Å². The van der Waals surface area contributed by atoms with E-state index >= 15 is 0 Å². The van der Waals surface area contributed by atoms with Crippen LogP contribution in [-0.2, 0) is 16.0 Å². The number of carbonyl (C=O) groups is 2. The molecule has 0 fully saturated rings. The van der Waals surface area contributed by atoms with Gasteiger partial charge in [-0.1, -0.05) is 25.5 Å². The van der Waals surface area contributed by atoms with E-state index in [4.69, 9.17) is 9.47 Å². The predicted molar refractivity (Wildman–Crippen MR) is 127 cm³/mol. The van der Waals surface area contributed by atoms with Crippen molar-refractivity contribution in [3.8, 4) is 11.5 Å². The van der Waals surface area contributed by atoms with Crippen molar-refractivity contribution < 1.29 is 24.2 Å². The highest BCUT2D eigenvalue weighted by atomic mass is 16.5. The quantitative estimate of drug-likeness (QED) is 0.248. The molecule has 33 heavy (non-hydrogen) atoms. The topological polar surface area (TPSA) is 122 Å². The molecule has 9 heteroatoms. The number of rotatable bonds is 10. The first-order valence-electron chi connectivity index (χ1n) is 10.5. The van der Waals surface area contributed by atoms with Gasteiger partial charge < -0.3 is 25.2 Å². The summed E-state index contributed by atoms with van der Waals surface area (Å²) in [4.78, 5) is 24.3. The number of aliphatic hydroxyl groups excluding tert-OH is 1. The van der Waals surface area contributed by atoms with E-state index in [2.05, 4.69) is 27.8 Å². The van der Waals surface area contributed by atoms with Crippen LogP contribution < -0.4 is 20.1 Å². The average molecular weight is 455 g/mol. The van der Waals surface area contributed by atoms with Crippen LogP contribution in [0.15, 0.2) is 58.1 Å². The number of hydrogen-bond donors (Lipinski definition) is 3. The molecule has 0 aliphatic rings. The monoisotopic (exact) mass is 454 g/mol. The van der Waals surface area contributed by atoms with Crippen LogP contribution >= 0.6 is 0 Å². The molecule has 3 N–H and O–H groups in total. The zero-order valence-electron chi connectivity index (χ0n) is 19.6. The van der Waals surface area contributed by atoms with E-state index in [9.17, 15) is 14.7 Å². The summed E-state index contributed by atoms with van der Waals surface area (Å²) < 4.78 is 10.6. The van der Waals surface area contributed by atoms with Crippen LogP contribution in [0.1, 0.15) is 39.2 Å². The van der Waals surface area contributed by atoms with Crippen LogP contribution in [0.5, 0.6) is 11.5 Å². The van der Waals surface area contributed by atoms with Crippen LogP contribution in [0.3, 0.4) is 0 Å². The number of aryl methyl sites for hydroxylation is 1. The minimum atomic E-state index is -0.689. The molecule has 176 valence electrons. The Balaban J connectivity index is 2.24. The Hall–Kier alpha value is -3.88. The third kappa shape index (κ3) is 7.34. The molecule has 9 nitrogen and oxygen atoms in total. The van der Waals surface area contributed by atoms with Crippen LogP contribution in [0.4, 0.5) is 17.1 Å². The van der Waals surface area contributed by atoms with Gasteiger partial charge >= 0.3 is 0 Å². The fraction of sp³-hybridized carbons (Fsp3) is 0.333. The Kier molecular flexibility index (Phi) is 9.41. The second-order valence-electron chi connectivity index (χ2n) is 7.29. The molecule has 2 aromatic rings. The number of allylic oxidation sites excluding steroid dienone is 1. The Morgan fingerprint density at radius 2 is 1.55 bits per heavy atom. The van der Waals surface area contributed by atoms with Gasteiger partial charge in [0.1, 0.15) is 17.3 Å². The van der Waals surface area contributed by atoms with Gasteiger partial charge in [-0.3, -0.25) is 9.59 Å². The third-order valence-corrected chi connectivity index (χ3v) is 4.66. The molecule has 0 unspecified atom stereocenters. The molecule has 2 aromatic carbocycles. The number of aliphatic hydroxyl groups is 1. The number of unbranched alkanes of at least 4 members (excludes halogenated alkanes) is 1. The molecule has 0 radical (unpaired) electrons. The molecule has 0 aliphatic carbocycles. The first-order valence-corrected chi connectivity index (χ1v) is 10.5. The van der Waals surface area contributed by atoms with Crippen molar-refractivity contribution in [2.75, 3.05) is 24.9 Å². The Bertz CT molecular complexity index is 1040. The Morgan fingerprint density at radius 3 is 2.03 bits per heavy atom. The number of hydrogen-bond acceptors (Lipinski definition) is 7. The summed E-state index contributed by atoms with van der Waals surface area (Å²) in [6.07, 6.45) is 3.22. The number of azo groups is 1. The molecular weight excluding hydrogens is 424 g/mol. The van der Waals surface area contributed by atoms with E-state index in [-0.39, 0.29) is 28.8 Å². The molecular formula is C24H30N4O5. The van der Waals surface area contributed by atoms with E-state index in [1.54, 1.807) is 0 Å². The SMILES string of the molecule is CCCCc1ccc(N=N/C(C(=O)Nc2cc(OC)c(NC(C)=O)cc2OC)=C(\C)O)cc1. The van der Waals surface area contributed by atoms with Gasteiger partial charge in [0.25, 0.3) is 5.91 Å². The van der Waals surface area contributed by atoms with Crippen molar-refractivity contribution in [2.45, 2.75) is 40.0 Å². The van der Waals surface area contributed by atoms with E-state index in [1.165, 1.54) is 45.8 Å². The lowest BCUT2D eigenvalue weighted by molar-refractivity contribution is -0.114. The van der Waals surface area contributed by atoms with Crippen LogP contribution in [0.25, 0.3) is 0 Å². The predicted octanol–water partition coefficient (Wildman–Crippen LogP) is 5.52. The fourth-order valence-electron chi connectivity index (χ4n) is 2.96. The van der Waals surface area contributed by atoms with E-state index in [0.29, 0.717) is 17.1 Å². The third-order valence-electron chi connectivity index (χ3n) is 4.66. The minimum absolute atomic E-state index is 0.253. The number of ether oxygens (including phenoxy) is 2. The molecule has 0 aromatic heterocycles. The highest BCUT2D eigenvalue weighted by molar-refractivity contribution is 6.05. The number of amides is 2. The van der Waals surface area contributed by atoms with Crippen LogP contribution in [-0.4, -0.2) is 31.1 Å². The van der Waals surface area contributed by atoms with Crippen molar-refractivity contribution in [1.82, 2.24) is 0 Å². The average Bonchev–Trinajstić information content (AvgIpc) is 2.78. The largest absolute Gasteiger partial charge is 0.510 e. The summed E-state index contributed by atoms with van der Waals surface area (Å²) >= 11 is 0. The van der Waals surface area contributed by atoms with Crippen molar-refractivity contribution in [3.63, 3.8) is 0 Å². The molecule has 0 heterocycles. The maximum absolute atomic E-state index is 12.8. The van der Waals surface area contributed by atoms with E-state index in [1.807, 2.05) is 24.3 Å². The van der Waals surface area contributed by atoms with Gasteiger partial charge in [0.15, 0.2) is 5.70 Å². The van der Waals surface area contributed by atoms with Gasteiger partial charge in [-0.05, 0) is 37.5 Å². The van der Waals surface area contributed by atoms with Gasteiger partial charge in [0, 0.05) is 19.1 Å². The standard InChI is InChI=1S/C24H30N4O5/c1-6-7-8-17-9-11-18(12-10-17)27-28-23(15(2)29)24(31)26-20-14-21(32-4)19(25-16(3)30)13-22(20)33-5/h9-14,29H,6-8H2,1-5H3,(H,25,30)(H,26,31)/b23-15+,28-27?. The molecule has 0 spiro atoms. The summed E-state index contributed by atoms with van der Waals surface area (Å²) in [6.45, 7) is 4.85. The smallest absolute Gasteiger partial charge is 0.279 e. The molecule has 0 atom stereocenters. The molecule has 2 rings (SSSR count). The number of carbonyl (C=O) groups excluding carboxylic acids is 2. The highest BCUT2D eigenvalue weighted by Crippen LogP contribution is 2.36. The second kappa shape index (κ2) is 12.2. The zero-order valence-corrected chi connectivity index (χ0v) is 19.6. The number of nitrogens with zero attached hydrogens (tertiary/aromatic N) is 2. The maximum atomic E-state index is 12.8. The molecule has 2 amide bonds. The van der Waals surface area contributed by atoms with Gasteiger partial charge in [0.05, 0.1) is 31.3 Å². The van der Waals surface area contributed by atoms with Crippen molar-refractivity contribution in [2.24, 2.45) is 10.2 Å². The normalized spacial score (nSPS) is 11.7. The van der Waals surface area contributed by atoms with Gasteiger partial charge in [0.2, 0.25) is 5.91 Å². The molecule has 0 saturated heterocycles. The Labute approximate surface area is 193 Å². The fourth-order valence-corrected chi connectivity index (χ4v) is 2.96. The van der Waals surface area contributed by atoms with E-state index < -0.39 is 5.91 Å². The first-order chi connectivity index (χ1) is 15.8. The van der Waals surface area contributed by atoms with Crippen molar-refractivity contribution >= 4 is 28.9 Å². The van der Waals surface area contributed by atoms with Crippen molar-refractivity contribution in [3.05, 3.63) is 53.4 Å². The lowest BCUT2D eigenvalue weighted by Gasteiger charge is -2.15. The first kappa shape index (κ1) is 25.4. The van der Waals surface area contributed by atoms with Gasteiger partial charge in [-0.2, -0.15) is 5.11 Å². The van der Waals surface area contributed by atoms with E-state index in [0.717, 1.165) is 19.3 Å². The number of anilines is 2. The lowest BCUT2D eigenvalue weighted by Crippen LogP contribution is -2.16. The summed E-state index contributed by atoms with van der Waals surface area (Å²) in [5.74, 6) is -0.672. The summed E-state index contributed by atoms with van der Waals surface area (Å²) in [7, 11) is 2.86. The second-order valence-corrected chi connectivity index (χ2v) is 7.29. The van der Waals surface area contributed by atoms with Gasteiger partial charge in [-0.15, -0.1) is 5.11 Å². The summed E-state index contributed by atoms with van der Waals surface area (Å²) in [5, 5.41) is 23.3. The molecule has 0 saturated carbocycles. The summed E-state index contributed by atoms with van der Waals surface area (Å²) in [6, 6.07) is 10.6. The van der Waals surface area contributed by atoms with Crippen LogP contribution in [0, 0.1) is 0 Å². The van der Waals surface area contributed by atoms with Crippen LogP contribution in [0.2, 0.25) is 0 Å². The molecule has 0 aliphatic heterocycles. The summed E-state index contributed by atoms with van der Waals surface area (Å²) in [5.41, 5.74) is 2.16. The number of nitrogens with one attached hydrogen (secondary N) is 2. The highest BCUT2D eigenvalue weighted by Gasteiger charge is 2.18. The zero-order chi connectivity index (χ0) is 24.4. The van der Waals surface area contributed by atoms with Gasteiger partial charge in [-0.25, -0.2) is 0 Å². The maximum Gasteiger partial charge on any atom is 0.279 e.